The summed E-state index contributed by atoms with van der Waals surface area (Å²) in [4.78, 5) is 48.8. The van der Waals surface area contributed by atoms with E-state index in [0.717, 1.165) is 25.7 Å². The summed E-state index contributed by atoms with van der Waals surface area (Å²) in [6.45, 7) is 4.09. The number of carbonyl (C=O) groups is 4. The lowest BCUT2D eigenvalue weighted by molar-refractivity contribution is -0.161. The first-order chi connectivity index (χ1) is 14.0. The number of hydrogen-bond acceptors (Lipinski definition) is 5. The summed E-state index contributed by atoms with van der Waals surface area (Å²) in [6.07, 6.45) is 13.9. The Morgan fingerprint density at radius 1 is 0.793 bits per heavy atom. The van der Waals surface area contributed by atoms with Gasteiger partial charge in [0.25, 0.3) is 0 Å². The van der Waals surface area contributed by atoms with Crippen LogP contribution in [0.4, 0.5) is 0 Å². The zero-order valence-electron chi connectivity index (χ0n) is 17.7. The number of rotatable bonds is 10. The molecule has 5 heteroatoms. The minimum atomic E-state index is -0.619. The van der Waals surface area contributed by atoms with Crippen LogP contribution in [0.2, 0.25) is 0 Å². The highest BCUT2D eigenvalue weighted by Crippen LogP contribution is 2.36. The molecule has 2 fully saturated rings. The Hall–Kier alpha value is -2.04. The van der Waals surface area contributed by atoms with E-state index in [2.05, 4.69) is 19.1 Å². The van der Waals surface area contributed by atoms with E-state index in [1.807, 2.05) is 19.1 Å². The molecule has 0 aromatic rings. The fourth-order valence-corrected chi connectivity index (χ4v) is 4.54. The molecule has 0 aliphatic heterocycles. The van der Waals surface area contributed by atoms with Gasteiger partial charge in [-0.15, -0.1) is 0 Å². The number of allylic oxidation sites excluding steroid dienone is 4. The molecule has 2 rings (SSSR count). The lowest BCUT2D eigenvalue weighted by Gasteiger charge is -2.17. The van der Waals surface area contributed by atoms with Crippen LogP contribution in [-0.4, -0.2) is 23.5 Å². The van der Waals surface area contributed by atoms with Crippen LogP contribution in [0.15, 0.2) is 24.3 Å². The van der Waals surface area contributed by atoms with Gasteiger partial charge in [0, 0.05) is 31.1 Å². The topological polar surface area (TPSA) is 77.5 Å². The number of carbonyl (C=O) groups excluding carboxylic acids is 4. The summed E-state index contributed by atoms with van der Waals surface area (Å²) < 4.78 is 5.03. The van der Waals surface area contributed by atoms with Gasteiger partial charge >= 0.3 is 11.9 Å². The summed E-state index contributed by atoms with van der Waals surface area (Å²) in [5, 5.41) is 0. The predicted octanol–water partition coefficient (Wildman–Crippen LogP) is 4.74. The Kier molecular flexibility index (Phi) is 9.49. The molecule has 0 aromatic carbocycles. The SMILES string of the molecule is CCC=CCC1CCC(=O)C1CC(=O)OC(=O)CC1CCC(=O)C1CC=CCC. The first-order valence-electron chi connectivity index (χ1n) is 11.0. The van der Waals surface area contributed by atoms with Gasteiger partial charge in [0.2, 0.25) is 0 Å². The molecule has 0 radical (unpaired) electrons. The second kappa shape index (κ2) is 11.8. The number of ketones is 2. The van der Waals surface area contributed by atoms with Gasteiger partial charge in [-0.05, 0) is 50.4 Å². The van der Waals surface area contributed by atoms with E-state index in [1.54, 1.807) is 0 Å². The van der Waals surface area contributed by atoms with Crippen molar-refractivity contribution in [1.29, 1.82) is 0 Å². The van der Waals surface area contributed by atoms with Crippen molar-refractivity contribution < 1.29 is 23.9 Å². The number of hydrogen-bond donors (Lipinski definition) is 0. The van der Waals surface area contributed by atoms with Crippen molar-refractivity contribution in [3.63, 3.8) is 0 Å². The first-order valence-corrected chi connectivity index (χ1v) is 11.0. The molecular weight excluding hydrogens is 368 g/mol. The van der Waals surface area contributed by atoms with Crippen LogP contribution in [-0.2, 0) is 23.9 Å². The summed E-state index contributed by atoms with van der Waals surface area (Å²) in [7, 11) is 0. The fraction of sp³-hybridized carbons (Fsp3) is 0.667. The standard InChI is InChI=1S/C24H34O5/c1-3-5-7-9-17-11-13-22(26)20(17)16-24(28)29-23(27)15-18-12-14-21(25)19(18)10-8-6-4-2/h5-8,17-20H,3-4,9-16H2,1-2H3. The maximum absolute atomic E-state index is 12.3. The minimum absolute atomic E-state index is 0.0263. The zero-order valence-corrected chi connectivity index (χ0v) is 17.7. The number of Topliss-reactive ketones (excluding diaryl/α,β-unsaturated/α-hetero) is 2. The molecule has 0 amide bonds. The van der Waals surface area contributed by atoms with Crippen molar-refractivity contribution in [2.24, 2.45) is 23.7 Å². The molecule has 0 saturated heterocycles. The van der Waals surface area contributed by atoms with Crippen molar-refractivity contribution in [3.8, 4) is 0 Å². The fourth-order valence-electron chi connectivity index (χ4n) is 4.54. The summed E-state index contributed by atoms with van der Waals surface area (Å²) in [5.41, 5.74) is 0. The van der Waals surface area contributed by atoms with E-state index in [1.165, 1.54) is 0 Å². The van der Waals surface area contributed by atoms with Gasteiger partial charge in [-0.25, -0.2) is 0 Å². The normalized spacial score (nSPS) is 27.4. The molecule has 4 unspecified atom stereocenters. The molecule has 0 spiro atoms. The Morgan fingerprint density at radius 2 is 1.34 bits per heavy atom. The summed E-state index contributed by atoms with van der Waals surface area (Å²) >= 11 is 0. The molecule has 160 valence electrons. The maximum atomic E-state index is 12.3. The maximum Gasteiger partial charge on any atom is 0.314 e. The average Bonchev–Trinajstić information content (AvgIpc) is 3.19. The van der Waals surface area contributed by atoms with Crippen LogP contribution >= 0.6 is 0 Å². The third kappa shape index (κ3) is 7.06. The van der Waals surface area contributed by atoms with Crippen molar-refractivity contribution in [1.82, 2.24) is 0 Å². The van der Waals surface area contributed by atoms with Gasteiger partial charge < -0.3 is 4.74 Å². The molecule has 0 bridgehead atoms. The predicted molar refractivity (Wildman–Crippen MR) is 111 cm³/mol. The van der Waals surface area contributed by atoms with Crippen molar-refractivity contribution in [3.05, 3.63) is 24.3 Å². The Morgan fingerprint density at radius 3 is 2.00 bits per heavy atom. The molecular formula is C24H34O5. The average molecular weight is 403 g/mol. The quantitative estimate of drug-likeness (QED) is 0.300. The van der Waals surface area contributed by atoms with Crippen LogP contribution in [0.1, 0.15) is 78.1 Å². The van der Waals surface area contributed by atoms with Gasteiger partial charge in [0.1, 0.15) is 11.6 Å². The van der Waals surface area contributed by atoms with E-state index in [4.69, 9.17) is 4.74 Å². The summed E-state index contributed by atoms with van der Waals surface area (Å²) in [6, 6.07) is 0. The Bertz CT molecular complexity index is 660. The third-order valence-electron chi connectivity index (χ3n) is 6.16. The van der Waals surface area contributed by atoms with Crippen LogP contribution in [0.3, 0.4) is 0 Å². The molecule has 29 heavy (non-hydrogen) atoms. The number of ether oxygens (including phenoxy) is 1. The van der Waals surface area contributed by atoms with Crippen LogP contribution in [0.25, 0.3) is 0 Å². The van der Waals surface area contributed by atoms with Crippen LogP contribution in [0.5, 0.6) is 0 Å². The van der Waals surface area contributed by atoms with Crippen molar-refractivity contribution in [2.45, 2.75) is 78.1 Å². The molecule has 0 N–H and O–H groups in total. The number of esters is 2. The Labute approximate surface area is 174 Å². The second-order valence-corrected chi connectivity index (χ2v) is 8.23. The van der Waals surface area contributed by atoms with Crippen molar-refractivity contribution >= 4 is 23.5 Å². The van der Waals surface area contributed by atoms with Crippen LogP contribution in [0, 0.1) is 23.7 Å². The molecule has 0 aromatic heterocycles. The molecule has 4 atom stereocenters. The van der Waals surface area contributed by atoms with Gasteiger partial charge in [-0.3, -0.25) is 19.2 Å². The van der Waals surface area contributed by atoms with Gasteiger partial charge in [0.15, 0.2) is 0 Å². The van der Waals surface area contributed by atoms with E-state index in [-0.39, 0.29) is 48.1 Å². The van der Waals surface area contributed by atoms with E-state index in [0.29, 0.717) is 25.7 Å². The first kappa shape index (κ1) is 23.2. The van der Waals surface area contributed by atoms with Gasteiger partial charge in [-0.1, -0.05) is 38.2 Å². The van der Waals surface area contributed by atoms with Crippen molar-refractivity contribution in [2.75, 3.05) is 0 Å². The lowest BCUT2D eigenvalue weighted by atomic mass is 9.89. The lowest BCUT2D eigenvalue weighted by Crippen LogP contribution is -2.24. The zero-order chi connectivity index (χ0) is 21.2. The Balaban J connectivity index is 1.84. The molecule has 0 heterocycles. The van der Waals surface area contributed by atoms with E-state index >= 15 is 0 Å². The monoisotopic (exact) mass is 402 g/mol. The molecule has 2 saturated carbocycles. The van der Waals surface area contributed by atoms with Gasteiger partial charge in [-0.2, -0.15) is 0 Å². The summed E-state index contributed by atoms with van der Waals surface area (Å²) in [5.74, 6) is -1.34. The van der Waals surface area contributed by atoms with Crippen LogP contribution < -0.4 is 0 Å². The molecule has 2 aliphatic rings. The van der Waals surface area contributed by atoms with E-state index < -0.39 is 11.9 Å². The van der Waals surface area contributed by atoms with E-state index in [9.17, 15) is 19.2 Å². The minimum Gasteiger partial charge on any atom is -0.393 e. The largest absolute Gasteiger partial charge is 0.393 e. The second-order valence-electron chi connectivity index (χ2n) is 8.23. The highest BCUT2D eigenvalue weighted by molar-refractivity contribution is 5.91. The third-order valence-corrected chi connectivity index (χ3v) is 6.16. The molecule has 5 nitrogen and oxygen atoms in total. The van der Waals surface area contributed by atoms with Gasteiger partial charge in [0.05, 0.1) is 6.42 Å². The molecule has 2 aliphatic carbocycles. The smallest absolute Gasteiger partial charge is 0.314 e. The highest BCUT2D eigenvalue weighted by atomic mass is 16.6. The highest BCUT2D eigenvalue weighted by Gasteiger charge is 2.38.